The number of hydrogen-bond acceptors (Lipinski definition) is 1. The van der Waals surface area contributed by atoms with Crippen LogP contribution in [-0.2, 0) is 4.79 Å². The van der Waals surface area contributed by atoms with Gasteiger partial charge >= 0.3 is 0 Å². The van der Waals surface area contributed by atoms with E-state index in [1.165, 1.54) is 0 Å². The molecule has 0 aromatic carbocycles. The van der Waals surface area contributed by atoms with Crippen molar-refractivity contribution in [2.45, 2.75) is 20.3 Å². The number of rotatable bonds is 2. The van der Waals surface area contributed by atoms with E-state index in [1.54, 1.807) is 0 Å². The summed E-state index contributed by atoms with van der Waals surface area (Å²) in [6.45, 7) is 3.85. The van der Waals surface area contributed by atoms with Gasteiger partial charge in [0.2, 0.25) is 5.91 Å². The van der Waals surface area contributed by atoms with Crippen molar-refractivity contribution in [1.29, 1.82) is 0 Å². The summed E-state index contributed by atoms with van der Waals surface area (Å²) in [5.74, 6) is -0.125. The Hall–Kier alpha value is -0.530. The van der Waals surface area contributed by atoms with Gasteiger partial charge < -0.3 is 0 Å². The van der Waals surface area contributed by atoms with Crippen LogP contribution < -0.4 is 5.73 Å². The Morgan fingerprint density at radius 2 is 2.14 bits per heavy atom. The molecule has 0 aromatic rings. The smallest absolute Gasteiger partial charge is 0.238 e. The van der Waals surface area contributed by atoms with Gasteiger partial charge in [0.15, 0.2) is 0 Å². The second-order valence-electron chi connectivity index (χ2n) is 2.02. The van der Waals surface area contributed by atoms with Crippen molar-refractivity contribution in [3.8, 4) is 0 Å². The minimum atomic E-state index is -0.463. The van der Waals surface area contributed by atoms with Crippen molar-refractivity contribution in [2.75, 3.05) is 0 Å². The highest BCUT2D eigenvalue weighted by Crippen LogP contribution is 1.96. The van der Waals surface area contributed by atoms with Gasteiger partial charge in [0.1, 0.15) is 0 Å². The van der Waals surface area contributed by atoms with Crippen LogP contribution in [-0.4, -0.2) is 5.91 Å². The normalized spacial score (nSPS) is 9.57. The van der Waals surface area contributed by atoms with Crippen LogP contribution in [0.1, 0.15) is 20.3 Å². The van der Waals surface area contributed by atoms with Crippen LogP contribution in [0.15, 0.2) is 0 Å². The lowest BCUT2D eigenvalue weighted by Crippen LogP contribution is -2.01. The van der Waals surface area contributed by atoms with Crippen LogP contribution in [0.25, 0.3) is 0 Å². The second-order valence-corrected chi connectivity index (χ2v) is 2.02. The van der Waals surface area contributed by atoms with Crippen molar-refractivity contribution in [2.24, 2.45) is 5.92 Å². The molecular formula is C5H10NO. The molecule has 1 N–H and O–H groups in total. The Morgan fingerprint density at radius 3 is 2.14 bits per heavy atom. The Bertz CT molecular complexity index is 68.5. The molecule has 0 aliphatic rings. The molecule has 0 saturated heterocycles. The lowest BCUT2D eigenvalue weighted by Gasteiger charge is -1.94. The Kier molecular flexibility index (Phi) is 2.41. The van der Waals surface area contributed by atoms with E-state index in [1.807, 2.05) is 13.8 Å². The maximum Gasteiger partial charge on any atom is 0.238 e. The highest BCUT2D eigenvalue weighted by Gasteiger charge is 1.97. The van der Waals surface area contributed by atoms with E-state index in [9.17, 15) is 4.79 Å². The first kappa shape index (κ1) is 6.47. The van der Waals surface area contributed by atoms with Crippen molar-refractivity contribution < 1.29 is 4.79 Å². The van der Waals surface area contributed by atoms with E-state index in [2.05, 4.69) is 0 Å². The van der Waals surface area contributed by atoms with Crippen molar-refractivity contribution >= 4 is 5.91 Å². The van der Waals surface area contributed by atoms with Gasteiger partial charge in [-0.05, 0) is 5.92 Å². The number of hydrogen-bond donors (Lipinski definition) is 0. The summed E-state index contributed by atoms with van der Waals surface area (Å²) >= 11 is 0. The monoisotopic (exact) mass is 100 g/mol. The van der Waals surface area contributed by atoms with E-state index in [4.69, 9.17) is 5.73 Å². The summed E-state index contributed by atoms with van der Waals surface area (Å²) in [6.07, 6.45) is 0.389. The summed E-state index contributed by atoms with van der Waals surface area (Å²) in [5.41, 5.74) is 6.47. The van der Waals surface area contributed by atoms with Crippen molar-refractivity contribution in [3.63, 3.8) is 0 Å². The second kappa shape index (κ2) is 2.61. The first-order chi connectivity index (χ1) is 3.13. The third kappa shape index (κ3) is 5.47. The van der Waals surface area contributed by atoms with Gasteiger partial charge in [0, 0.05) is 6.42 Å². The van der Waals surface area contributed by atoms with Crippen LogP contribution in [0.3, 0.4) is 0 Å². The molecule has 0 atom stereocenters. The zero-order valence-electron chi connectivity index (χ0n) is 4.69. The average Bonchev–Trinajstić information content (AvgIpc) is 1.27. The van der Waals surface area contributed by atoms with Crippen LogP contribution in [0.5, 0.6) is 0 Å². The highest BCUT2D eigenvalue weighted by atomic mass is 16.1. The standard InChI is InChI=1S/C5H10NO/c1-4(2)3-5(6)7/h4,6H,3H2,1-2H3. The fourth-order valence-electron chi connectivity index (χ4n) is 0.371. The summed E-state index contributed by atoms with van der Waals surface area (Å²) < 4.78 is 0. The SMILES string of the molecule is CC(C)CC([NH])=O. The van der Waals surface area contributed by atoms with Crippen molar-refractivity contribution in [1.82, 2.24) is 5.73 Å². The maximum absolute atomic E-state index is 9.92. The molecule has 0 spiro atoms. The van der Waals surface area contributed by atoms with E-state index in [0.717, 1.165) is 0 Å². The summed E-state index contributed by atoms with van der Waals surface area (Å²) in [7, 11) is 0. The van der Waals surface area contributed by atoms with Crippen LogP contribution in [0, 0.1) is 5.92 Å². The lowest BCUT2D eigenvalue weighted by molar-refractivity contribution is -0.119. The fraction of sp³-hybridized carbons (Fsp3) is 0.800. The first-order valence-corrected chi connectivity index (χ1v) is 2.37. The van der Waals surface area contributed by atoms with Crippen LogP contribution >= 0.6 is 0 Å². The largest absolute Gasteiger partial charge is 0.273 e. The molecular weight excluding hydrogens is 90.1 g/mol. The van der Waals surface area contributed by atoms with Gasteiger partial charge in [0.25, 0.3) is 0 Å². The number of amides is 1. The van der Waals surface area contributed by atoms with Gasteiger partial charge in [-0.25, -0.2) is 0 Å². The van der Waals surface area contributed by atoms with Crippen molar-refractivity contribution in [3.05, 3.63) is 0 Å². The lowest BCUT2D eigenvalue weighted by atomic mass is 10.1. The minimum absolute atomic E-state index is 0.338. The van der Waals surface area contributed by atoms with Gasteiger partial charge in [-0.1, -0.05) is 13.8 Å². The third-order valence-electron chi connectivity index (χ3n) is 0.594. The number of carbonyl (C=O) groups is 1. The number of nitrogens with one attached hydrogen (secondary N) is 1. The molecule has 0 aliphatic heterocycles. The molecule has 1 amide bonds. The van der Waals surface area contributed by atoms with E-state index in [0.29, 0.717) is 12.3 Å². The van der Waals surface area contributed by atoms with Gasteiger partial charge in [0.05, 0.1) is 0 Å². The summed E-state index contributed by atoms with van der Waals surface area (Å²) in [5, 5.41) is 0. The predicted octanol–water partition coefficient (Wildman–Crippen LogP) is 0.842. The molecule has 7 heavy (non-hydrogen) atoms. The molecule has 0 heterocycles. The summed E-state index contributed by atoms with van der Waals surface area (Å²) in [4.78, 5) is 9.92. The van der Waals surface area contributed by atoms with E-state index < -0.39 is 5.91 Å². The minimum Gasteiger partial charge on any atom is -0.273 e. The van der Waals surface area contributed by atoms with Gasteiger partial charge in [-0.2, -0.15) is 0 Å². The molecule has 0 aromatic heterocycles. The molecule has 2 nitrogen and oxygen atoms in total. The molecule has 0 rings (SSSR count). The molecule has 0 bridgehead atoms. The van der Waals surface area contributed by atoms with Crippen LogP contribution in [0.4, 0.5) is 0 Å². The molecule has 41 valence electrons. The van der Waals surface area contributed by atoms with E-state index >= 15 is 0 Å². The third-order valence-corrected chi connectivity index (χ3v) is 0.594. The van der Waals surface area contributed by atoms with E-state index in [-0.39, 0.29) is 0 Å². The zero-order chi connectivity index (χ0) is 5.86. The van der Waals surface area contributed by atoms with Crippen LogP contribution in [0.2, 0.25) is 0 Å². The molecule has 0 aliphatic carbocycles. The molecule has 0 saturated carbocycles. The maximum atomic E-state index is 9.92. The Morgan fingerprint density at radius 1 is 1.71 bits per heavy atom. The highest BCUT2D eigenvalue weighted by molar-refractivity contribution is 5.72. The zero-order valence-corrected chi connectivity index (χ0v) is 4.69. The Labute approximate surface area is 43.7 Å². The topological polar surface area (TPSA) is 40.9 Å². The Balaban J connectivity index is 3.13. The predicted molar refractivity (Wildman–Crippen MR) is 27.6 cm³/mol. The average molecular weight is 100 g/mol. The number of carbonyl (C=O) groups excluding carboxylic acids is 1. The van der Waals surface area contributed by atoms with Gasteiger partial charge in [-0.15, -0.1) is 0 Å². The molecule has 0 fully saturated rings. The summed E-state index contributed by atoms with van der Waals surface area (Å²) in [6, 6.07) is 0. The fourth-order valence-corrected chi connectivity index (χ4v) is 0.371. The molecule has 1 radical (unpaired) electrons. The molecule has 0 unspecified atom stereocenters. The molecule has 2 heteroatoms. The quantitative estimate of drug-likeness (QED) is 0.507. The first-order valence-electron chi connectivity index (χ1n) is 2.37. The van der Waals surface area contributed by atoms with Gasteiger partial charge in [-0.3, -0.25) is 10.5 Å².